The summed E-state index contributed by atoms with van der Waals surface area (Å²) in [6.45, 7) is 1.79. The molecule has 0 unspecified atom stereocenters. The van der Waals surface area contributed by atoms with Crippen LogP contribution in [0.25, 0.3) is 10.8 Å². The van der Waals surface area contributed by atoms with Crippen LogP contribution in [0.3, 0.4) is 0 Å². The maximum atomic E-state index is 12.0. The molecule has 0 saturated carbocycles. The molecule has 1 aliphatic rings. The minimum atomic E-state index is 0.255. The summed E-state index contributed by atoms with van der Waals surface area (Å²) in [5.41, 5.74) is 2.13. The first kappa shape index (κ1) is 10.5. The Morgan fingerprint density at radius 3 is 3.00 bits per heavy atom. The maximum Gasteiger partial charge on any atom is 0.162 e. The highest BCUT2D eigenvalue weighted by Crippen LogP contribution is 2.22. The van der Waals surface area contributed by atoms with Crippen LogP contribution < -0.4 is 5.32 Å². The summed E-state index contributed by atoms with van der Waals surface area (Å²) in [5, 5.41) is 5.80. The van der Waals surface area contributed by atoms with E-state index in [1.165, 1.54) is 16.3 Å². The standard InChI is InChI=1S/C15H15NO/c17-15-5-2-8-16-10-13-4-1-3-11-6-7-12(15)9-14(11)13/h1,3-4,6-7,9,16H,2,5,8,10H2. The van der Waals surface area contributed by atoms with E-state index >= 15 is 0 Å². The van der Waals surface area contributed by atoms with Crippen molar-refractivity contribution >= 4 is 16.6 Å². The van der Waals surface area contributed by atoms with Crippen molar-refractivity contribution in [2.45, 2.75) is 19.4 Å². The number of fused-ring (bicyclic) bond motifs is 1. The van der Waals surface area contributed by atoms with Gasteiger partial charge in [-0.15, -0.1) is 0 Å². The van der Waals surface area contributed by atoms with Crippen LogP contribution in [-0.4, -0.2) is 12.3 Å². The molecular weight excluding hydrogens is 210 g/mol. The van der Waals surface area contributed by atoms with E-state index in [4.69, 9.17) is 0 Å². The Morgan fingerprint density at radius 2 is 2.06 bits per heavy atom. The summed E-state index contributed by atoms with van der Waals surface area (Å²) >= 11 is 0. The Kier molecular flexibility index (Phi) is 2.65. The molecule has 1 aliphatic heterocycles. The van der Waals surface area contributed by atoms with Crippen LogP contribution in [0.15, 0.2) is 36.4 Å². The van der Waals surface area contributed by atoms with E-state index in [1.807, 2.05) is 18.2 Å². The van der Waals surface area contributed by atoms with Crippen LogP contribution in [0.1, 0.15) is 28.8 Å². The highest BCUT2D eigenvalue weighted by molar-refractivity contribution is 6.00. The third-order valence-corrected chi connectivity index (χ3v) is 3.37. The number of carbonyl (C=O) groups is 1. The summed E-state index contributed by atoms with van der Waals surface area (Å²) in [6.07, 6.45) is 1.56. The number of nitrogens with one attached hydrogen (secondary N) is 1. The van der Waals surface area contributed by atoms with Gasteiger partial charge < -0.3 is 5.32 Å². The molecule has 86 valence electrons. The predicted molar refractivity (Wildman–Crippen MR) is 69.2 cm³/mol. The first-order valence-corrected chi connectivity index (χ1v) is 6.10. The van der Waals surface area contributed by atoms with Gasteiger partial charge in [0.05, 0.1) is 0 Å². The minimum Gasteiger partial charge on any atom is -0.313 e. The molecule has 1 N–H and O–H groups in total. The van der Waals surface area contributed by atoms with Crippen molar-refractivity contribution in [3.63, 3.8) is 0 Å². The van der Waals surface area contributed by atoms with E-state index in [1.54, 1.807) is 0 Å². The lowest BCUT2D eigenvalue weighted by atomic mass is 9.98. The molecule has 0 fully saturated rings. The highest BCUT2D eigenvalue weighted by Gasteiger charge is 2.10. The molecule has 2 aromatic rings. The smallest absolute Gasteiger partial charge is 0.162 e. The van der Waals surface area contributed by atoms with Gasteiger partial charge in [0.1, 0.15) is 0 Å². The summed E-state index contributed by atoms with van der Waals surface area (Å²) in [6, 6.07) is 12.3. The Balaban J connectivity index is 2.22. The fourth-order valence-corrected chi connectivity index (χ4v) is 2.41. The first-order valence-electron chi connectivity index (χ1n) is 6.10. The van der Waals surface area contributed by atoms with Crippen molar-refractivity contribution < 1.29 is 4.79 Å². The van der Waals surface area contributed by atoms with Gasteiger partial charge in [-0.25, -0.2) is 0 Å². The molecule has 2 heteroatoms. The summed E-state index contributed by atoms with van der Waals surface area (Å²) in [5.74, 6) is 0.255. The molecule has 2 bridgehead atoms. The van der Waals surface area contributed by atoms with Crippen molar-refractivity contribution in [1.29, 1.82) is 0 Å². The Labute approximate surface area is 101 Å². The molecule has 1 heterocycles. The van der Waals surface area contributed by atoms with Crippen LogP contribution in [0.2, 0.25) is 0 Å². The quantitative estimate of drug-likeness (QED) is 0.747. The van der Waals surface area contributed by atoms with Gasteiger partial charge in [-0.05, 0) is 35.4 Å². The zero-order chi connectivity index (χ0) is 11.7. The number of benzene rings is 2. The number of hydrogen-bond acceptors (Lipinski definition) is 2. The lowest BCUT2D eigenvalue weighted by Crippen LogP contribution is -2.17. The van der Waals surface area contributed by atoms with Crippen LogP contribution in [0.5, 0.6) is 0 Å². The van der Waals surface area contributed by atoms with Crippen molar-refractivity contribution in [3.8, 4) is 0 Å². The molecule has 0 aliphatic carbocycles. The fourth-order valence-electron chi connectivity index (χ4n) is 2.41. The Hall–Kier alpha value is -1.67. The molecule has 0 amide bonds. The van der Waals surface area contributed by atoms with Crippen molar-refractivity contribution in [2.75, 3.05) is 6.54 Å². The third-order valence-electron chi connectivity index (χ3n) is 3.37. The second-order valence-corrected chi connectivity index (χ2v) is 4.56. The van der Waals surface area contributed by atoms with Crippen molar-refractivity contribution in [3.05, 3.63) is 47.5 Å². The zero-order valence-corrected chi connectivity index (χ0v) is 9.70. The molecule has 2 aromatic carbocycles. The first-order chi connectivity index (χ1) is 8.34. The van der Waals surface area contributed by atoms with Crippen molar-refractivity contribution in [2.24, 2.45) is 0 Å². The average Bonchev–Trinajstić information content (AvgIpc) is 2.37. The van der Waals surface area contributed by atoms with Gasteiger partial charge in [-0.2, -0.15) is 0 Å². The molecule has 0 aromatic heterocycles. The van der Waals surface area contributed by atoms with Gasteiger partial charge in [0.15, 0.2) is 5.78 Å². The van der Waals surface area contributed by atoms with Crippen molar-refractivity contribution in [1.82, 2.24) is 5.32 Å². The number of hydrogen-bond donors (Lipinski definition) is 1. The molecule has 0 spiro atoms. The Morgan fingerprint density at radius 1 is 1.12 bits per heavy atom. The molecule has 3 rings (SSSR count). The number of carbonyl (C=O) groups excluding carboxylic acids is 1. The van der Waals surface area contributed by atoms with Crippen LogP contribution in [0.4, 0.5) is 0 Å². The van der Waals surface area contributed by atoms with E-state index in [-0.39, 0.29) is 5.78 Å². The second kappa shape index (κ2) is 4.30. The normalized spacial score (nSPS) is 16.4. The van der Waals surface area contributed by atoms with Gasteiger partial charge in [0.25, 0.3) is 0 Å². The fraction of sp³-hybridized carbons (Fsp3) is 0.267. The molecular formula is C15H15NO. The van der Waals surface area contributed by atoms with Gasteiger partial charge >= 0.3 is 0 Å². The maximum absolute atomic E-state index is 12.0. The highest BCUT2D eigenvalue weighted by atomic mass is 16.1. The van der Waals surface area contributed by atoms with Crippen LogP contribution in [-0.2, 0) is 6.54 Å². The lowest BCUT2D eigenvalue weighted by molar-refractivity contribution is 0.0980. The topological polar surface area (TPSA) is 29.1 Å². The Bertz CT molecular complexity index is 574. The zero-order valence-electron chi connectivity index (χ0n) is 9.70. The average molecular weight is 225 g/mol. The van der Waals surface area contributed by atoms with E-state index in [9.17, 15) is 4.79 Å². The van der Waals surface area contributed by atoms with E-state index in [0.29, 0.717) is 6.42 Å². The molecule has 2 nitrogen and oxygen atoms in total. The summed E-state index contributed by atoms with van der Waals surface area (Å²) in [4.78, 5) is 12.0. The molecule has 0 radical (unpaired) electrons. The van der Waals surface area contributed by atoms with Gasteiger partial charge in [-0.3, -0.25) is 4.79 Å². The SMILES string of the molecule is O=C1CCCNCc2cccc3ccc1cc23. The summed E-state index contributed by atoms with van der Waals surface area (Å²) in [7, 11) is 0. The van der Waals surface area contributed by atoms with Crippen LogP contribution in [0, 0.1) is 0 Å². The molecule has 0 atom stereocenters. The number of Topliss-reactive ketones (excluding diaryl/α,β-unsaturated/α-hetero) is 1. The third kappa shape index (κ3) is 1.96. The van der Waals surface area contributed by atoms with E-state index in [0.717, 1.165) is 25.1 Å². The van der Waals surface area contributed by atoms with E-state index < -0.39 is 0 Å². The minimum absolute atomic E-state index is 0.255. The van der Waals surface area contributed by atoms with Gasteiger partial charge in [0, 0.05) is 18.5 Å². The van der Waals surface area contributed by atoms with Gasteiger partial charge in [0.2, 0.25) is 0 Å². The van der Waals surface area contributed by atoms with E-state index in [2.05, 4.69) is 23.5 Å². The lowest BCUT2D eigenvalue weighted by Gasteiger charge is -2.12. The summed E-state index contributed by atoms with van der Waals surface area (Å²) < 4.78 is 0. The monoisotopic (exact) mass is 225 g/mol. The number of rotatable bonds is 0. The van der Waals surface area contributed by atoms with Crippen LogP contribution >= 0.6 is 0 Å². The largest absolute Gasteiger partial charge is 0.313 e. The van der Waals surface area contributed by atoms with Gasteiger partial charge in [-0.1, -0.05) is 30.3 Å². The second-order valence-electron chi connectivity index (χ2n) is 4.56. The molecule has 17 heavy (non-hydrogen) atoms. The number of ketones is 1. The predicted octanol–water partition coefficient (Wildman–Crippen LogP) is 2.91. The molecule has 0 saturated heterocycles.